The number of carboxylic acid groups (broad SMARTS) is 1. The van der Waals surface area contributed by atoms with E-state index in [1.807, 2.05) is 13.8 Å². The van der Waals surface area contributed by atoms with E-state index in [0.29, 0.717) is 25.7 Å². The summed E-state index contributed by atoms with van der Waals surface area (Å²) >= 11 is 0. The predicted molar refractivity (Wildman–Crippen MR) is 72.0 cm³/mol. The van der Waals surface area contributed by atoms with Crippen molar-refractivity contribution in [1.82, 2.24) is 4.98 Å². The molecule has 1 heterocycles. The van der Waals surface area contributed by atoms with E-state index in [-0.39, 0.29) is 17.1 Å². The third-order valence-corrected chi connectivity index (χ3v) is 2.30. The summed E-state index contributed by atoms with van der Waals surface area (Å²) in [4.78, 5) is 24.7. The second-order valence-corrected chi connectivity index (χ2v) is 4.55. The lowest BCUT2D eigenvalue weighted by Crippen LogP contribution is -2.14. The van der Waals surface area contributed by atoms with Gasteiger partial charge in [-0.3, -0.25) is 10.1 Å². The van der Waals surface area contributed by atoms with Crippen LogP contribution in [0.2, 0.25) is 0 Å². The summed E-state index contributed by atoms with van der Waals surface area (Å²) in [6.45, 7) is 5.38. The van der Waals surface area contributed by atoms with Crippen LogP contribution >= 0.6 is 0 Å². The van der Waals surface area contributed by atoms with Crippen LogP contribution in [0.5, 0.6) is 0 Å². The normalized spacial score (nSPS) is 10.6. The number of aromatic carboxylic acids is 1. The molecule has 8 heteroatoms. The quantitative estimate of drug-likeness (QED) is 0.424. The topological polar surface area (TPSA) is 115 Å². The number of nitro groups is 1. The lowest BCUT2D eigenvalue weighted by molar-refractivity contribution is -0.384. The number of carbonyl (C=O) groups is 1. The van der Waals surface area contributed by atoms with Crippen molar-refractivity contribution in [3.8, 4) is 0 Å². The number of nitrogens with zero attached hydrogens (tertiary/aromatic N) is 2. The number of nitrogens with one attached hydrogen (secondary N) is 1. The average Bonchev–Trinajstić information content (AvgIpc) is 2.37. The Morgan fingerprint density at radius 1 is 1.60 bits per heavy atom. The first-order valence-corrected chi connectivity index (χ1v) is 6.11. The number of ether oxygens (including phenoxy) is 1. The maximum atomic E-state index is 10.9. The van der Waals surface area contributed by atoms with Crippen molar-refractivity contribution in [1.29, 1.82) is 0 Å². The molecule has 1 aromatic rings. The molecule has 0 radical (unpaired) electrons. The first kappa shape index (κ1) is 15.8. The molecule has 0 saturated heterocycles. The van der Waals surface area contributed by atoms with Crippen LogP contribution in [-0.4, -0.2) is 40.7 Å². The summed E-state index contributed by atoms with van der Waals surface area (Å²) in [5.41, 5.74) is -0.591. The van der Waals surface area contributed by atoms with Crippen molar-refractivity contribution >= 4 is 17.5 Å². The second kappa shape index (κ2) is 7.39. The smallest absolute Gasteiger partial charge is 0.337 e. The summed E-state index contributed by atoms with van der Waals surface area (Å²) in [6, 6.07) is 0.979. The highest BCUT2D eigenvalue weighted by molar-refractivity contribution is 5.88. The van der Waals surface area contributed by atoms with Crippen molar-refractivity contribution < 1.29 is 19.6 Å². The molecule has 2 N–H and O–H groups in total. The Morgan fingerprint density at radius 2 is 2.30 bits per heavy atom. The van der Waals surface area contributed by atoms with E-state index in [2.05, 4.69) is 10.3 Å². The molecule has 0 atom stereocenters. The van der Waals surface area contributed by atoms with Crippen molar-refractivity contribution in [3.05, 3.63) is 27.9 Å². The third kappa shape index (κ3) is 4.81. The second-order valence-electron chi connectivity index (χ2n) is 4.55. The Hall–Kier alpha value is -2.22. The first-order valence-electron chi connectivity index (χ1n) is 6.11. The van der Waals surface area contributed by atoms with Crippen LogP contribution in [0.3, 0.4) is 0 Å². The number of pyridine rings is 1. The van der Waals surface area contributed by atoms with Crippen molar-refractivity contribution in [2.75, 3.05) is 25.1 Å². The summed E-state index contributed by atoms with van der Waals surface area (Å²) in [5, 5.41) is 22.4. The molecule has 1 aromatic heterocycles. The molecule has 0 amide bonds. The molecule has 110 valence electrons. The standard InChI is InChI=1S/C12H17N3O5/c1-8(2)7-20-4-3-13-11-10(15(18)19)5-9(6-14-11)12(16)17/h5-6,8H,3-4,7H2,1-2H3,(H,13,14)(H,16,17). The third-order valence-electron chi connectivity index (χ3n) is 2.30. The van der Waals surface area contributed by atoms with Gasteiger partial charge in [0.2, 0.25) is 5.82 Å². The molecule has 20 heavy (non-hydrogen) atoms. The molecule has 0 fully saturated rings. The summed E-state index contributed by atoms with van der Waals surface area (Å²) in [5.74, 6) is -0.808. The van der Waals surface area contributed by atoms with Gasteiger partial charge in [-0.25, -0.2) is 9.78 Å². The van der Waals surface area contributed by atoms with E-state index in [9.17, 15) is 14.9 Å². The van der Waals surface area contributed by atoms with Gasteiger partial charge in [-0.2, -0.15) is 0 Å². The van der Waals surface area contributed by atoms with Gasteiger partial charge in [-0.05, 0) is 5.92 Å². The van der Waals surface area contributed by atoms with E-state index in [4.69, 9.17) is 9.84 Å². The maximum Gasteiger partial charge on any atom is 0.337 e. The fourth-order valence-corrected chi connectivity index (χ4v) is 1.41. The number of aromatic nitrogens is 1. The van der Waals surface area contributed by atoms with E-state index in [0.717, 1.165) is 12.3 Å². The van der Waals surface area contributed by atoms with Gasteiger partial charge < -0.3 is 15.2 Å². The number of rotatable bonds is 8. The zero-order valence-corrected chi connectivity index (χ0v) is 11.3. The molecule has 0 bridgehead atoms. The minimum Gasteiger partial charge on any atom is -0.478 e. The Labute approximate surface area is 115 Å². The fraction of sp³-hybridized carbons (Fsp3) is 0.500. The summed E-state index contributed by atoms with van der Waals surface area (Å²) < 4.78 is 5.32. The van der Waals surface area contributed by atoms with Crippen LogP contribution in [0, 0.1) is 16.0 Å². The minimum absolute atomic E-state index is 0.0353. The van der Waals surface area contributed by atoms with Crippen LogP contribution in [0.25, 0.3) is 0 Å². The van der Waals surface area contributed by atoms with Crippen LogP contribution in [0.4, 0.5) is 11.5 Å². The molecule has 0 aliphatic carbocycles. The van der Waals surface area contributed by atoms with E-state index in [1.54, 1.807) is 0 Å². The van der Waals surface area contributed by atoms with Gasteiger partial charge >= 0.3 is 11.7 Å². The van der Waals surface area contributed by atoms with Crippen LogP contribution < -0.4 is 5.32 Å². The number of anilines is 1. The van der Waals surface area contributed by atoms with Gasteiger partial charge in [0, 0.05) is 25.4 Å². The highest BCUT2D eigenvalue weighted by atomic mass is 16.6. The monoisotopic (exact) mass is 283 g/mol. The minimum atomic E-state index is -1.26. The molecular weight excluding hydrogens is 266 g/mol. The first-order chi connectivity index (χ1) is 9.41. The Balaban J connectivity index is 2.65. The Bertz CT molecular complexity index is 490. The highest BCUT2D eigenvalue weighted by Crippen LogP contribution is 2.22. The molecular formula is C12H17N3O5. The zero-order valence-electron chi connectivity index (χ0n) is 11.3. The molecule has 0 saturated carbocycles. The number of hydrogen-bond acceptors (Lipinski definition) is 6. The summed E-state index contributed by atoms with van der Waals surface area (Å²) in [7, 11) is 0. The lowest BCUT2D eigenvalue weighted by atomic mass is 10.2. The SMILES string of the molecule is CC(C)COCCNc1ncc(C(=O)O)cc1[N+](=O)[O-]. The molecule has 8 nitrogen and oxygen atoms in total. The lowest BCUT2D eigenvalue weighted by Gasteiger charge is -2.08. The van der Waals surface area contributed by atoms with Crippen molar-refractivity contribution in [2.45, 2.75) is 13.8 Å². The van der Waals surface area contributed by atoms with Gasteiger partial charge in [0.05, 0.1) is 17.1 Å². The van der Waals surface area contributed by atoms with Gasteiger partial charge in [-0.15, -0.1) is 0 Å². The van der Waals surface area contributed by atoms with Crippen molar-refractivity contribution in [2.24, 2.45) is 5.92 Å². The van der Waals surface area contributed by atoms with Crippen LogP contribution in [0.15, 0.2) is 12.3 Å². The summed E-state index contributed by atoms with van der Waals surface area (Å²) in [6.07, 6.45) is 1.08. The molecule has 0 unspecified atom stereocenters. The fourth-order valence-electron chi connectivity index (χ4n) is 1.41. The number of carboxylic acids is 1. The molecule has 1 rings (SSSR count). The van der Waals surface area contributed by atoms with Gasteiger partial charge in [-0.1, -0.05) is 13.8 Å². The van der Waals surface area contributed by atoms with E-state index in [1.165, 1.54) is 0 Å². The van der Waals surface area contributed by atoms with E-state index < -0.39 is 10.9 Å². The van der Waals surface area contributed by atoms with Crippen molar-refractivity contribution in [3.63, 3.8) is 0 Å². The van der Waals surface area contributed by atoms with Gasteiger partial charge in [0.25, 0.3) is 0 Å². The van der Waals surface area contributed by atoms with Gasteiger partial charge in [0.15, 0.2) is 0 Å². The molecule has 0 spiro atoms. The predicted octanol–water partition coefficient (Wildman–Crippen LogP) is 1.77. The highest BCUT2D eigenvalue weighted by Gasteiger charge is 2.18. The van der Waals surface area contributed by atoms with Crippen LogP contribution in [0.1, 0.15) is 24.2 Å². The largest absolute Gasteiger partial charge is 0.478 e. The Kier molecular flexibility index (Phi) is 5.85. The average molecular weight is 283 g/mol. The van der Waals surface area contributed by atoms with Crippen LogP contribution in [-0.2, 0) is 4.74 Å². The zero-order chi connectivity index (χ0) is 15.1. The van der Waals surface area contributed by atoms with Gasteiger partial charge in [0.1, 0.15) is 0 Å². The molecule has 0 aliphatic heterocycles. The van der Waals surface area contributed by atoms with E-state index >= 15 is 0 Å². The number of hydrogen-bond donors (Lipinski definition) is 2. The maximum absolute atomic E-state index is 10.9. The molecule has 0 aromatic carbocycles. The molecule has 0 aliphatic rings. The Morgan fingerprint density at radius 3 is 2.85 bits per heavy atom.